The van der Waals surface area contributed by atoms with Crippen molar-refractivity contribution >= 4 is 0 Å². The summed E-state index contributed by atoms with van der Waals surface area (Å²) >= 11 is 0. The molecule has 0 rings (SSSR count). The molecular formula is C6H11F3O. The molecule has 0 spiro atoms. The molecule has 1 atom stereocenters. The van der Waals surface area contributed by atoms with Gasteiger partial charge >= 0.3 is 6.36 Å². The third kappa shape index (κ3) is 5.88. The van der Waals surface area contributed by atoms with Crippen LogP contribution < -0.4 is 0 Å². The van der Waals surface area contributed by atoms with Gasteiger partial charge in [0, 0.05) is 0 Å². The summed E-state index contributed by atoms with van der Waals surface area (Å²) in [5, 5.41) is 0. The quantitative estimate of drug-likeness (QED) is 0.610. The smallest absolute Gasteiger partial charge is 0.292 e. The van der Waals surface area contributed by atoms with Gasteiger partial charge in [-0.25, -0.2) is 0 Å². The van der Waals surface area contributed by atoms with E-state index in [1.165, 1.54) is 0 Å². The minimum atomic E-state index is -4.47. The average molecular weight is 156 g/mol. The first kappa shape index (κ1) is 9.75. The maximum Gasteiger partial charge on any atom is 0.522 e. The molecule has 0 saturated heterocycles. The lowest BCUT2D eigenvalue weighted by Gasteiger charge is -2.10. The Balaban J connectivity index is 3.36. The van der Waals surface area contributed by atoms with Crippen LogP contribution in [0.15, 0.2) is 0 Å². The van der Waals surface area contributed by atoms with Crippen LogP contribution in [-0.2, 0) is 4.74 Å². The van der Waals surface area contributed by atoms with Crippen LogP contribution in [0.3, 0.4) is 0 Å². The molecule has 4 heteroatoms. The van der Waals surface area contributed by atoms with Crippen LogP contribution in [0, 0.1) is 5.92 Å². The molecule has 0 bridgehead atoms. The van der Waals surface area contributed by atoms with Crippen molar-refractivity contribution in [1.29, 1.82) is 0 Å². The normalized spacial score (nSPS) is 15.3. The number of hydrogen-bond acceptors (Lipinski definition) is 1. The highest BCUT2D eigenvalue weighted by Crippen LogP contribution is 2.17. The first-order chi connectivity index (χ1) is 4.45. The van der Waals surface area contributed by atoms with E-state index in [4.69, 9.17) is 0 Å². The molecule has 10 heavy (non-hydrogen) atoms. The second kappa shape index (κ2) is 3.81. The van der Waals surface area contributed by atoms with Crippen molar-refractivity contribution in [2.24, 2.45) is 5.92 Å². The maximum atomic E-state index is 11.3. The Morgan fingerprint density at radius 2 is 1.90 bits per heavy atom. The molecule has 0 aromatic carbocycles. The maximum absolute atomic E-state index is 11.3. The topological polar surface area (TPSA) is 9.23 Å². The van der Waals surface area contributed by atoms with E-state index in [0.717, 1.165) is 0 Å². The van der Waals surface area contributed by atoms with Gasteiger partial charge in [-0.3, -0.25) is 4.74 Å². The number of alkyl halides is 3. The highest BCUT2D eigenvalue weighted by molar-refractivity contribution is 4.46. The zero-order valence-electron chi connectivity index (χ0n) is 6.03. The van der Waals surface area contributed by atoms with Crippen LogP contribution in [0.2, 0.25) is 0 Å². The van der Waals surface area contributed by atoms with Crippen molar-refractivity contribution in [3.63, 3.8) is 0 Å². The van der Waals surface area contributed by atoms with E-state index in [9.17, 15) is 13.2 Å². The Labute approximate surface area is 58.2 Å². The van der Waals surface area contributed by atoms with E-state index >= 15 is 0 Å². The molecule has 1 nitrogen and oxygen atoms in total. The average Bonchev–Trinajstić information content (AvgIpc) is 1.81. The lowest BCUT2D eigenvalue weighted by atomic mass is 10.1. The van der Waals surface area contributed by atoms with E-state index < -0.39 is 6.36 Å². The Bertz CT molecular complexity index is 89.5. The van der Waals surface area contributed by atoms with Crippen molar-refractivity contribution < 1.29 is 17.9 Å². The Hall–Kier alpha value is -0.250. The number of hydrogen-bond donors (Lipinski definition) is 0. The fraction of sp³-hybridized carbons (Fsp3) is 1.00. The van der Waals surface area contributed by atoms with Crippen LogP contribution in [-0.4, -0.2) is 13.0 Å². The summed E-state index contributed by atoms with van der Waals surface area (Å²) in [6.45, 7) is 3.30. The van der Waals surface area contributed by atoms with Gasteiger partial charge in [0.2, 0.25) is 0 Å². The number of halogens is 3. The number of ether oxygens (including phenoxy) is 1. The minimum Gasteiger partial charge on any atom is -0.292 e. The summed E-state index contributed by atoms with van der Waals surface area (Å²) < 4.78 is 37.6. The largest absolute Gasteiger partial charge is 0.522 e. The van der Waals surface area contributed by atoms with Gasteiger partial charge in [0.25, 0.3) is 0 Å². The minimum absolute atomic E-state index is 0.0263. The highest BCUT2D eigenvalue weighted by Gasteiger charge is 2.29. The second-order valence-electron chi connectivity index (χ2n) is 2.27. The van der Waals surface area contributed by atoms with E-state index in [-0.39, 0.29) is 12.5 Å². The van der Waals surface area contributed by atoms with Gasteiger partial charge in [-0.2, -0.15) is 0 Å². The Kier molecular flexibility index (Phi) is 3.71. The Morgan fingerprint density at radius 3 is 2.20 bits per heavy atom. The van der Waals surface area contributed by atoms with Crippen molar-refractivity contribution in [1.82, 2.24) is 0 Å². The van der Waals surface area contributed by atoms with Crippen LogP contribution in [0.25, 0.3) is 0 Å². The fourth-order valence-electron chi connectivity index (χ4n) is 0.355. The van der Waals surface area contributed by atoms with Gasteiger partial charge in [-0.15, -0.1) is 13.2 Å². The molecule has 0 saturated carbocycles. The molecule has 0 amide bonds. The predicted molar refractivity (Wildman–Crippen MR) is 31.5 cm³/mol. The zero-order chi connectivity index (χ0) is 8.20. The third-order valence-electron chi connectivity index (χ3n) is 1.23. The van der Waals surface area contributed by atoms with Crippen LogP contribution >= 0.6 is 0 Å². The van der Waals surface area contributed by atoms with E-state index in [0.29, 0.717) is 6.42 Å². The second-order valence-corrected chi connectivity index (χ2v) is 2.27. The molecule has 0 fully saturated rings. The van der Waals surface area contributed by atoms with E-state index in [1.807, 2.05) is 6.92 Å². The molecule has 0 aliphatic heterocycles. The summed E-state index contributed by atoms with van der Waals surface area (Å²) in [7, 11) is 0. The van der Waals surface area contributed by atoms with E-state index in [1.54, 1.807) is 6.92 Å². The van der Waals surface area contributed by atoms with Crippen LogP contribution in [0.1, 0.15) is 20.3 Å². The summed E-state index contributed by atoms with van der Waals surface area (Å²) in [5.41, 5.74) is 0. The SMILES string of the molecule is CCC(C)COC(F)(F)F. The van der Waals surface area contributed by atoms with E-state index in [2.05, 4.69) is 4.74 Å². The highest BCUT2D eigenvalue weighted by atomic mass is 19.4. The van der Waals surface area contributed by atoms with Gasteiger partial charge in [-0.1, -0.05) is 20.3 Å². The first-order valence-electron chi connectivity index (χ1n) is 3.16. The van der Waals surface area contributed by atoms with Crippen molar-refractivity contribution in [2.45, 2.75) is 26.6 Å². The van der Waals surface area contributed by atoms with Gasteiger partial charge < -0.3 is 0 Å². The lowest BCUT2D eigenvalue weighted by Crippen LogP contribution is -2.17. The molecule has 0 aliphatic carbocycles. The molecule has 62 valence electrons. The monoisotopic (exact) mass is 156 g/mol. The molecule has 0 aromatic heterocycles. The number of rotatable bonds is 3. The molecule has 0 N–H and O–H groups in total. The van der Waals surface area contributed by atoms with Crippen LogP contribution in [0.5, 0.6) is 0 Å². The molecule has 0 heterocycles. The van der Waals surface area contributed by atoms with Crippen molar-refractivity contribution in [3.05, 3.63) is 0 Å². The molecule has 0 aliphatic rings. The van der Waals surface area contributed by atoms with Crippen molar-refractivity contribution in [2.75, 3.05) is 6.61 Å². The predicted octanol–water partition coefficient (Wildman–Crippen LogP) is 2.57. The lowest BCUT2D eigenvalue weighted by molar-refractivity contribution is -0.328. The van der Waals surface area contributed by atoms with Gasteiger partial charge in [-0.05, 0) is 5.92 Å². The molecule has 0 radical (unpaired) electrons. The summed E-state index contributed by atoms with van der Waals surface area (Å²) in [5.74, 6) is -0.0263. The molecule has 1 unspecified atom stereocenters. The van der Waals surface area contributed by atoms with Crippen molar-refractivity contribution in [3.8, 4) is 0 Å². The van der Waals surface area contributed by atoms with Gasteiger partial charge in [0.1, 0.15) is 0 Å². The summed E-state index contributed by atoms with van der Waals surface area (Å²) in [4.78, 5) is 0. The van der Waals surface area contributed by atoms with Crippen LogP contribution in [0.4, 0.5) is 13.2 Å². The third-order valence-corrected chi connectivity index (χ3v) is 1.23. The zero-order valence-corrected chi connectivity index (χ0v) is 6.03. The molecular weight excluding hydrogens is 145 g/mol. The summed E-state index contributed by atoms with van der Waals surface area (Å²) in [6.07, 6.45) is -3.76. The van der Waals surface area contributed by atoms with Gasteiger partial charge in [0.05, 0.1) is 6.61 Å². The Morgan fingerprint density at radius 1 is 1.40 bits per heavy atom. The fourth-order valence-corrected chi connectivity index (χ4v) is 0.355. The first-order valence-corrected chi connectivity index (χ1v) is 3.16. The summed E-state index contributed by atoms with van der Waals surface area (Å²) in [6, 6.07) is 0. The van der Waals surface area contributed by atoms with Gasteiger partial charge in [0.15, 0.2) is 0 Å². The molecule has 0 aromatic rings. The standard InChI is InChI=1S/C6H11F3O/c1-3-5(2)4-10-6(7,8)9/h5H,3-4H2,1-2H3.